The summed E-state index contributed by atoms with van der Waals surface area (Å²) in [6.07, 6.45) is 1.74. The van der Waals surface area contributed by atoms with E-state index < -0.39 is 15.8 Å². The van der Waals surface area contributed by atoms with Crippen molar-refractivity contribution < 1.29 is 27.4 Å². The molecular formula is C22H24O6S. The molecule has 0 saturated heterocycles. The van der Waals surface area contributed by atoms with Gasteiger partial charge in [-0.15, -0.1) is 0 Å². The van der Waals surface area contributed by atoms with Crippen LogP contribution >= 0.6 is 0 Å². The minimum Gasteiger partial charge on any atom is -0.491 e. The maximum Gasteiger partial charge on any atom is 0.333 e. The molecule has 0 amide bonds. The first-order valence-electron chi connectivity index (χ1n) is 9.41. The average molecular weight is 416 g/mol. The van der Waals surface area contributed by atoms with Crippen LogP contribution in [0.25, 0.3) is 17.2 Å². The Hall–Kier alpha value is -2.64. The maximum absolute atomic E-state index is 12.6. The SMILES string of the molecule is CCOCCOc1ccc(-c2ccc3c(c2)C=C(C(=O)OC)CCS3(=O)=O)cc1. The van der Waals surface area contributed by atoms with Gasteiger partial charge in [0, 0.05) is 12.2 Å². The fraction of sp³-hybridized carbons (Fsp3) is 0.318. The smallest absolute Gasteiger partial charge is 0.333 e. The first-order chi connectivity index (χ1) is 13.9. The Bertz CT molecular complexity index is 1010. The van der Waals surface area contributed by atoms with Crippen molar-refractivity contribution in [3.05, 3.63) is 53.6 Å². The van der Waals surface area contributed by atoms with Crippen LogP contribution in [-0.4, -0.2) is 47.1 Å². The molecule has 2 aromatic rings. The molecule has 0 aliphatic carbocycles. The summed E-state index contributed by atoms with van der Waals surface area (Å²) < 4.78 is 40.8. The van der Waals surface area contributed by atoms with Crippen LogP contribution in [0.5, 0.6) is 5.75 Å². The number of fused-ring (bicyclic) bond motifs is 1. The van der Waals surface area contributed by atoms with E-state index in [1.807, 2.05) is 31.2 Å². The summed E-state index contributed by atoms with van der Waals surface area (Å²) >= 11 is 0. The average Bonchev–Trinajstić information content (AvgIpc) is 2.86. The van der Waals surface area contributed by atoms with Crippen molar-refractivity contribution in [3.8, 4) is 16.9 Å². The number of ether oxygens (including phenoxy) is 3. The van der Waals surface area contributed by atoms with E-state index in [0.29, 0.717) is 31.0 Å². The Morgan fingerprint density at radius 1 is 1.03 bits per heavy atom. The van der Waals surface area contributed by atoms with Crippen LogP contribution in [0, 0.1) is 0 Å². The zero-order valence-electron chi connectivity index (χ0n) is 16.5. The summed E-state index contributed by atoms with van der Waals surface area (Å²) in [4.78, 5) is 12.2. The third-order valence-electron chi connectivity index (χ3n) is 4.65. The van der Waals surface area contributed by atoms with E-state index in [1.165, 1.54) is 7.11 Å². The summed E-state index contributed by atoms with van der Waals surface area (Å²) in [5, 5.41) is 0. The number of carbonyl (C=O) groups excluding carboxylic acids is 1. The number of carbonyl (C=O) groups is 1. The summed E-state index contributed by atoms with van der Waals surface area (Å²) in [6, 6.07) is 12.7. The van der Waals surface area contributed by atoms with Crippen LogP contribution in [0.1, 0.15) is 18.9 Å². The van der Waals surface area contributed by atoms with E-state index in [9.17, 15) is 13.2 Å². The molecule has 0 bridgehead atoms. The van der Waals surface area contributed by atoms with Crippen molar-refractivity contribution in [2.75, 3.05) is 32.7 Å². The van der Waals surface area contributed by atoms with Gasteiger partial charge in [0.05, 0.1) is 24.4 Å². The second-order valence-electron chi connectivity index (χ2n) is 6.55. The molecule has 1 aliphatic rings. The van der Waals surface area contributed by atoms with Crippen LogP contribution in [-0.2, 0) is 24.1 Å². The topological polar surface area (TPSA) is 78.9 Å². The van der Waals surface area contributed by atoms with Crippen LogP contribution in [0.2, 0.25) is 0 Å². The van der Waals surface area contributed by atoms with E-state index in [1.54, 1.807) is 24.3 Å². The van der Waals surface area contributed by atoms with Gasteiger partial charge in [-0.1, -0.05) is 18.2 Å². The Morgan fingerprint density at radius 3 is 2.45 bits per heavy atom. The molecule has 0 aromatic heterocycles. The third kappa shape index (κ3) is 5.05. The zero-order chi connectivity index (χ0) is 20.9. The number of hydrogen-bond acceptors (Lipinski definition) is 6. The van der Waals surface area contributed by atoms with Crippen molar-refractivity contribution in [1.82, 2.24) is 0 Å². The molecule has 7 heteroatoms. The van der Waals surface area contributed by atoms with E-state index >= 15 is 0 Å². The van der Waals surface area contributed by atoms with Gasteiger partial charge in [-0.05, 0) is 60.4 Å². The van der Waals surface area contributed by atoms with Crippen LogP contribution < -0.4 is 4.74 Å². The van der Waals surface area contributed by atoms with Gasteiger partial charge in [-0.2, -0.15) is 0 Å². The normalized spacial score (nSPS) is 15.0. The molecule has 0 spiro atoms. The predicted octanol–water partition coefficient (Wildman–Crippen LogP) is 3.50. The Balaban J connectivity index is 1.89. The van der Waals surface area contributed by atoms with Gasteiger partial charge in [-0.3, -0.25) is 0 Å². The lowest BCUT2D eigenvalue weighted by Crippen LogP contribution is -2.09. The Morgan fingerprint density at radius 2 is 1.76 bits per heavy atom. The highest BCUT2D eigenvalue weighted by atomic mass is 32.2. The monoisotopic (exact) mass is 416 g/mol. The first kappa shape index (κ1) is 21.1. The van der Waals surface area contributed by atoms with E-state index in [-0.39, 0.29) is 17.1 Å². The van der Waals surface area contributed by atoms with Crippen LogP contribution in [0.15, 0.2) is 52.9 Å². The van der Waals surface area contributed by atoms with Gasteiger partial charge in [0.25, 0.3) is 0 Å². The fourth-order valence-electron chi connectivity index (χ4n) is 3.14. The molecule has 1 heterocycles. The molecule has 0 atom stereocenters. The number of rotatable bonds is 7. The number of methoxy groups -OCH3 is 1. The Kier molecular flexibility index (Phi) is 6.71. The van der Waals surface area contributed by atoms with Gasteiger partial charge < -0.3 is 14.2 Å². The summed E-state index contributed by atoms with van der Waals surface area (Å²) in [5.41, 5.74) is 2.62. The summed E-state index contributed by atoms with van der Waals surface area (Å²) in [7, 11) is -2.18. The molecule has 2 aromatic carbocycles. The lowest BCUT2D eigenvalue weighted by atomic mass is 10.0. The minimum absolute atomic E-state index is 0.117. The second-order valence-corrected chi connectivity index (χ2v) is 8.63. The summed E-state index contributed by atoms with van der Waals surface area (Å²) in [5.74, 6) is 0.110. The van der Waals surface area contributed by atoms with E-state index in [2.05, 4.69) is 0 Å². The van der Waals surface area contributed by atoms with E-state index in [4.69, 9.17) is 14.2 Å². The highest BCUT2D eigenvalue weighted by molar-refractivity contribution is 7.91. The van der Waals surface area contributed by atoms with E-state index in [0.717, 1.165) is 16.9 Å². The molecule has 1 aliphatic heterocycles. The highest BCUT2D eigenvalue weighted by Gasteiger charge is 2.25. The van der Waals surface area contributed by atoms with Gasteiger partial charge >= 0.3 is 5.97 Å². The first-order valence-corrected chi connectivity index (χ1v) is 11.1. The molecule has 0 unspecified atom stereocenters. The molecule has 0 saturated carbocycles. The van der Waals surface area contributed by atoms with Crippen LogP contribution in [0.3, 0.4) is 0 Å². The van der Waals surface area contributed by atoms with Gasteiger partial charge in [-0.25, -0.2) is 13.2 Å². The highest BCUT2D eigenvalue weighted by Crippen LogP contribution is 2.31. The quantitative estimate of drug-likeness (QED) is 0.508. The number of esters is 1. The molecule has 3 rings (SSSR count). The minimum atomic E-state index is -3.47. The van der Waals surface area contributed by atoms with Gasteiger partial charge in [0.1, 0.15) is 12.4 Å². The maximum atomic E-state index is 12.6. The van der Waals surface area contributed by atoms with Gasteiger partial charge in [0.15, 0.2) is 9.84 Å². The van der Waals surface area contributed by atoms with Gasteiger partial charge in [0.2, 0.25) is 0 Å². The molecule has 29 heavy (non-hydrogen) atoms. The molecule has 154 valence electrons. The summed E-state index contributed by atoms with van der Waals surface area (Å²) in [6.45, 7) is 3.60. The molecule has 0 radical (unpaired) electrons. The number of benzene rings is 2. The molecular weight excluding hydrogens is 392 g/mol. The number of sulfone groups is 1. The van der Waals surface area contributed by atoms with Crippen molar-refractivity contribution in [2.24, 2.45) is 0 Å². The fourth-order valence-corrected chi connectivity index (χ4v) is 4.60. The second kappa shape index (κ2) is 9.24. The van der Waals surface area contributed by atoms with Crippen LogP contribution in [0.4, 0.5) is 0 Å². The van der Waals surface area contributed by atoms with Crippen molar-refractivity contribution in [3.63, 3.8) is 0 Å². The molecule has 6 nitrogen and oxygen atoms in total. The standard InChI is InChI=1S/C22H24O6S/c1-3-27-11-12-28-20-7-4-16(5-8-20)17-6-9-21-19(14-17)15-18(22(23)26-2)10-13-29(21,24)25/h4-9,14-15H,3,10-13H2,1-2H3. The molecule has 0 fully saturated rings. The van der Waals surface area contributed by atoms with Crippen molar-refractivity contribution >= 4 is 21.9 Å². The zero-order valence-corrected chi connectivity index (χ0v) is 17.3. The molecule has 0 N–H and O–H groups in total. The predicted molar refractivity (Wildman–Crippen MR) is 111 cm³/mol. The lowest BCUT2D eigenvalue weighted by Gasteiger charge is -2.10. The third-order valence-corrected chi connectivity index (χ3v) is 6.43. The number of hydrogen-bond donors (Lipinski definition) is 0. The largest absolute Gasteiger partial charge is 0.491 e. The van der Waals surface area contributed by atoms with Crippen molar-refractivity contribution in [1.29, 1.82) is 0 Å². The lowest BCUT2D eigenvalue weighted by molar-refractivity contribution is -0.136. The Labute approximate surface area is 171 Å². The van der Waals surface area contributed by atoms with Crippen molar-refractivity contribution in [2.45, 2.75) is 18.2 Å².